The van der Waals surface area contributed by atoms with E-state index < -0.39 is 0 Å². The number of benzene rings is 2. The predicted octanol–water partition coefficient (Wildman–Crippen LogP) is 3.92. The molecule has 0 atom stereocenters. The average Bonchev–Trinajstić information content (AvgIpc) is 3.39. The fourth-order valence-corrected chi connectivity index (χ4v) is 5.06. The standard InChI is InChI=1S/C26H27N7/c1-32-23-14-19(7-8-21(23)31-24(32)13-17-5-3-2-4-6-17)20-15-22(18-9-11-28-12-10-18)33-25(20)26(27)29-16-30-33/h2-8,14-16,18,28H,9-13H2,1H3,(H2,27,29,30). The Labute approximate surface area is 192 Å². The van der Waals surface area contributed by atoms with Gasteiger partial charge in [0.2, 0.25) is 0 Å². The van der Waals surface area contributed by atoms with Crippen molar-refractivity contribution in [1.29, 1.82) is 0 Å². The third kappa shape index (κ3) is 3.45. The molecule has 33 heavy (non-hydrogen) atoms. The maximum atomic E-state index is 6.37. The molecule has 0 spiro atoms. The number of nitrogens with two attached hydrogens (primary N) is 1. The highest BCUT2D eigenvalue weighted by Crippen LogP contribution is 2.36. The van der Waals surface area contributed by atoms with Gasteiger partial charge in [0.25, 0.3) is 0 Å². The summed E-state index contributed by atoms with van der Waals surface area (Å²) in [6.45, 7) is 2.05. The van der Waals surface area contributed by atoms with E-state index in [1.807, 2.05) is 10.6 Å². The van der Waals surface area contributed by atoms with Gasteiger partial charge in [-0.25, -0.2) is 14.5 Å². The zero-order valence-electron chi connectivity index (χ0n) is 18.7. The fraction of sp³-hybridized carbons (Fsp3) is 0.269. The number of nitrogens with zero attached hydrogens (tertiary/aromatic N) is 5. The second kappa shape index (κ2) is 8.01. The molecule has 0 bridgehead atoms. The normalized spacial score (nSPS) is 14.9. The first kappa shape index (κ1) is 19.9. The van der Waals surface area contributed by atoms with E-state index in [0.717, 1.165) is 65.9 Å². The molecule has 0 unspecified atom stereocenters. The number of anilines is 1. The fourth-order valence-electron chi connectivity index (χ4n) is 5.06. The van der Waals surface area contributed by atoms with Gasteiger partial charge in [-0.05, 0) is 55.3 Å². The van der Waals surface area contributed by atoms with Crippen molar-refractivity contribution in [2.45, 2.75) is 25.2 Å². The van der Waals surface area contributed by atoms with Gasteiger partial charge in [0.15, 0.2) is 5.82 Å². The lowest BCUT2D eigenvalue weighted by molar-refractivity contribution is 0.448. The first-order valence-corrected chi connectivity index (χ1v) is 11.5. The third-order valence-corrected chi connectivity index (χ3v) is 6.86. The Morgan fingerprint density at radius 2 is 1.88 bits per heavy atom. The Bertz CT molecular complexity index is 1440. The Balaban J connectivity index is 1.46. The van der Waals surface area contributed by atoms with Crippen LogP contribution in [0.1, 0.15) is 35.8 Å². The highest BCUT2D eigenvalue weighted by atomic mass is 15.3. The monoisotopic (exact) mass is 437 g/mol. The van der Waals surface area contributed by atoms with Crippen LogP contribution >= 0.6 is 0 Å². The van der Waals surface area contributed by atoms with Crippen LogP contribution in [-0.4, -0.2) is 37.2 Å². The molecule has 4 heterocycles. The van der Waals surface area contributed by atoms with E-state index in [0.29, 0.717) is 11.7 Å². The van der Waals surface area contributed by atoms with E-state index in [1.165, 1.54) is 11.3 Å². The third-order valence-electron chi connectivity index (χ3n) is 6.86. The zero-order valence-corrected chi connectivity index (χ0v) is 18.7. The summed E-state index contributed by atoms with van der Waals surface area (Å²) in [5, 5.41) is 8.03. The summed E-state index contributed by atoms with van der Waals surface area (Å²) < 4.78 is 4.19. The lowest BCUT2D eigenvalue weighted by atomic mass is 9.94. The molecule has 0 aliphatic carbocycles. The number of piperidine rings is 1. The number of aryl methyl sites for hydroxylation is 1. The van der Waals surface area contributed by atoms with Crippen LogP contribution in [0, 0.1) is 0 Å². The van der Waals surface area contributed by atoms with Crippen LogP contribution < -0.4 is 11.1 Å². The summed E-state index contributed by atoms with van der Waals surface area (Å²) in [6.07, 6.45) is 4.55. The van der Waals surface area contributed by atoms with Crippen molar-refractivity contribution >= 4 is 22.4 Å². The molecule has 1 aliphatic rings. The van der Waals surface area contributed by atoms with Crippen molar-refractivity contribution in [3.05, 3.63) is 78.0 Å². The van der Waals surface area contributed by atoms with Crippen molar-refractivity contribution in [3.63, 3.8) is 0 Å². The number of rotatable bonds is 4. The van der Waals surface area contributed by atoms with Crippen LogP contribution in [0.25, 0.3) is 27.7 Å². The minimum absolute atomic E-state index is 0.458. The van der Waals surface area contributed by atoms with E-state index >= 15 is 0 Å². The van der Waals surface area contributed by atoms with Crippen LogP contribution in [-0.2, 0) is 13.5 Å². The zero-order chi connectivity index (χ0) is 22.4. The molecular formula is C26H27N7. The molecule has 7 nitrogen and oxygen atoms in total. The second-order valence-corrected chi connectivity index (χ2v) is 8.87. The van der Waals surface area contributed by atoms with Gasteiger partial charge in [-0.15, -0.1) is 0 Å². The highest BCUT2D eigenvalue weighted by molar-refractivity contribution is 5.92. The first-order chi connectivity index (χ1) is 16.2. The number of fused-ring (bicyclic) bond motifs is 2. The Kier molecular flexibility index (Phi) is 4.84. The molecule has 0 saturated carbocycles. The molecule has 1 fully saturated rings. The van der Waals surface area contributed by atoms with E-state index in [-0.39, 0.29) is 0 Å². The van der Waals surface area contributed by atoms with Gasteiger partial charge >= 0.3 is 0 Å². The first-order valence-electron chi connectivity index (χ1n) is 11.5. The van der Waals surface area contributed by atoms with Crippen LogP contribution in [0.4, 0.5) is 5.82 Å². The maximum absolute atomic E-state index is 6.37. The van der Waals surface area contributed by atoms with Gasteiger partial charge in [-0.2, -0.15) is 5.10 Å². The topological polar surface area (TPSA) is 86.1 Å². The van der Waals surface area contributed by atoms with Gasteiger partial charge < -0.3 is 15.6 Å². The molecule has 6 rings (SSSR count). The summed E-state index contributed by atoms with van der Waals surface area (Å²) in [7, 11) is 2.09. The number of nitrogens with one attached hydrogen (secondary N) is 1. The van der Waals surface area contributed by atoms with Gasteiger partial charge in [0, 0.05) is 30.6 Å². The molecule has 166 valence electrons. The summed E-state index contributed by atoms with van der Waals surface area (Å²) in [5.41, 5.74) is 14.0. The van der Waals surface area contributed by atoms with E-state index in [4.69, 9.17) is 10.7 Å². The minimum Gasteiger partial charge on any atom is -0.382 e. The minimum atomic E-state index is 0.458. The number of hydrogen-bond acceptors (Lipinski definition) is 5. The average molecular weight is 438 g/mol. The van der Waals surface area contributed by atoms with Crippen LogP contribution in [0.15, 0.2) is 60.9 Å². The molecule has 2 aromatic carbocycles. The summed E-state index contributed by atoms with van der Waals surface area (Å²) in [4.78, 5) is 9.20. The summed E-state index contributed by atoms with van der Waals surface area (Å²) in [6, 6.07) is 19.2. The van der Waals surface area contributed by atoms with Gasteiger partial charge in [-0.1, -0.05) is 36.4 Å². The van der Waals surface area contributed by atoms with Gasteiger partial charge in [0.1, 0.15) is 17.7 Å². The number of hydrogen-bond donors (Lipinski definition) is 2. The molecule has 0 radical (unpaired) electrons. The number of nitrogen functional groups attached to an aromatic ring is 1. The van der Waals surface area contributed by atoms with Crippen molar-refractivity contribution in [3.8, 4) is 11.1 Å². The second-order valence-electron chi connectivity index (χ2n) is 8.87. The van der Waals surface area contributed by atoms with Crippen molar-refractivity contribution < 1.29 is 0 Å². The molecule has 0 amide bonds. The van der Waals surface area contributed by atoms with Crippen molar-refractivity contribution in [1.82, 2.24) is 29.5 Å². The van der Waals surface area contributed by atoms with Crippen LogP contribution in [0.3, 0.4) is 0 Å². The molecule has 7 heteroatoms. The molecule has 1 aliphatic heterocycles. The molecule has 1 saturated heterocycles. The van der Waals surface area contributed by atoms with Crippen LogP contribution in [0.5, 0.6) is 0 Å². The van der Waals surface area contributed by atoms with Crippen LogP contribution in [0.2, 0.25) is 0 Å². The number of aromatic nitrogens is 5. The Morgan fingerprint density at radius 3 is 2.70 bits per heavy atom. The van der Waals surface area contributed by atoms with Gasteiger partial charge in [0.05, 0.1) is 11.0 Å². The maximum Gasteiger partial charge on any atom is 0.151 e. The van der Waals surface area contributed by atoms with Crippen molar-refractivity contribution in [2.24, 2.45) is 7.05 Å². The number of imidazole rings is 1. The van der Waals surface area contributed by atoms with Crippen molar-refractivity contribution in [2.75, 3.05) is 18.8 Å². The van der Waals surface area contributed by atoms with E-state index in [2.05, 4.69) is 75.5 Å². The summed E-state index contributed by atoms with van der Waals surface area (Å²) in [5.74, 6) is 2.02. The highest BCUT2D eigenvalue weighted by Gasteiger charge is 2.23. The smallest absolute Gasteiger partial charge is 0.151 e. The summed E-state index contributed by atoms with van der Waals surface area (Å²) >= 11 is 0. The Hall–Kier alpha value is -3.71. The predicted molar refractivity (Wildman–Crippen MR) is 131 cm³/mol. The van der Waals surface area contributed by atoms with E-state index in [1.54, 1.807) is 6.33 Å². The molecular weight excluding hydrogens is 410 g/mol. The lowest BCUT2D eigenvalue weighted by Gasteiger charge is -2.22. The lowest BCUT2D eigenvalue weighted by Crippen LogP contribution is -2.27. The quantitative estimate of drug-likeness (QED) is 0.445. The molecule has 3 N–H and O–H groups in total. The van der Waals surface area contributed by atoms with Gasteiger partial charge in [-0.3, -0.25) is 0 Å². The Morgan fingerprint density at radius 1 is 1.06 bits per heavy atom. The van der Waals surface area contributed by atoms with E-state index in [9.17, 15) is 0 Å². The largest absolute Gasteiger partial charge is 0.382 e. The molecule has 3 aromatic heterocycles. The molecule has 5 aromatic rings. The SMILES string of the molecule is Cn1c(Cc2ccccc2)nc2ccc(-c3cc(C4CCNCC4)n4ncnc(N)c34)cc21.